The monoisotopic (exact) mass is 589 g/mol. The van der Waals surface area contributed by atoms with Gasteiger partial charge in [0.1, 0.15) is 11.2 Å². The van der Waals surface area contributed by atoms with Crippen molar-refractivity contribution in [2.75, 3.05) is 31.5 Å². The Kier molecular flexibility index (Phi) is 10.5. The summed E-state index contributed by atoms with van der Waals surface area (Å²) in [7, 11) is 0. The van der Waals surface area contributed by atoms with E-state index < -0.39 is 41.1 Å². The standard InChI is InChI=1S/C33H55N3O6/c1-22-12-13-24(26(27(37)40-30(2,3)4)28(38)41-31(5,6)7)25(20-22)34-23-14-17-36(18-15-23)33(11)16-19-35(21-33)29(39)42-32(8,9)10/h12-13,20,23,26,29,34,39H,14-19,21H2,1-11H3. The molecule has 3 rings (SSSR count). The Morgan fingerprint density at radius 1 is 0.929 bits per heavy atom. The van der Waals surface area contributed by atoms with Crippen molar-refractivity contribution >= 4 is 17.6 Å². The molecule has 2 unspecified atom stereocenters. The Bertz CT molecular complexity index is 1070. The minimum Gasteiger partial charge on any atom is -0.459 e. The van der Waals surface area contributed by atoms with Crippen LogP contribution < -0.4 is 5.32 Å². The summed E-state index contributed by atoms with van der Waals surface area (Å²) < 4.78 is 17.2. The maximum Gasteiger partial charge on any atom is 0.325 e. The van der Waals surface area contributed by atoms with E-state index in [1.807, 2.05) is 50.8 Å². The molecule has 0 amide bonds. The number of carbonyl (C=O) groups is 2. The number of carbonyl (C=O) groups excluding carboxylic acids is 2. The van der Waals surface area contributed by atoms with E-state index in [4.69, 9.17) is 14.2 Å². The summed E-state index contributed by atoms with van der Waals surface area (Å²) in [5, 5.41) is 14.3. The van der Waals surface area contributed by atoms with Gasteiger partial charge in [0.2, 0.25) is 6.41 Å². The van der Waals surface area contributed by atoms with Gasteiger partial charge in [-0.15, -0.1) is 0 Å². The summed E-state index contributed by atoms with van der Waals surface area (Å²) in [6.07, 6.45) is 1.88. The third-order valence-corrected chi connectivity index (χ3v) is 7.68. The summed E-state index contributed by atoms with van der Waals surface area (Å²) >= 11 is 0. The maximum atomic E-state index is 13.4. The van der Waals surface area contributed by atoms with Gasteiger partial charge in [-0.1, -0.05) is 12.1 Å². The second-order valence-electron chi connectivity index (χ2n) is 15.3. The van der Waals surface area contributed by atoms with E-state index in [1.54, 1.807) is 41.5 Å². The van der Waals surface area contributed by atoms with Crippen LogP contribution in [0.2, 0.25) is 0 Å². The molecule has 2 heterocycles. The molecule has 0 radical (unpaired) electrons. The van der Waals surface area contributed by atoms with Gasteiger partial charge in [0.15, 0.2) is 5.92 Å². The minimum absolute atomic E-state index is 0.0415. The Morgan fingerprint density at radius 3 is 1.98 bits per heavy atom. The van der Waals surface area contributed by atoms with Gasteiger partial charge in [-0.25, -0.2) is 0 Å². The van der Waals surface area contributed by atoms with Crippen molar-refractivity contribution in [2.24, 2.45) is 0 Å². The van der Waals surface area contributed by atoms with Gasteiger partial charge in [0, 0.05) is 49.0 Å². The molecule has 2 aliphatic rings. The molecule has 42 heavy (non-hydrogen) atoms. The van der Waals surface area contributed by atoms with Crippen LogP contribution in [0.5, 0.6) is 0 Å². The van der Waals surface area contributed by atoms with Gasteiger partial charge in [-0.3, -0.25) is 19.4 Å². The molecule has 2 N–H and O–H groups in total. The van der Waals surface area contributed by atoms with E-state index in [0.29, 0.717) is 5.56 Å². The molecule has 1 aromatic rings. The lowest BCUT2D eigenvalue weighted by molar-refractivity contribution is -0.235. The van der Waals surface area contributed by atoms with E-state index in [2.05, 4.69) is 17.1 Å². The first-order chi connectivity index (χ1) is 19.2. The molecule has 1 aromatic carbocycles. The van der Waals surface area contributed by atoms with Crippen LogP contribution in [0.3, 0.4) is 0 Å². The number of aliphatic hydroxyl groups excluding tert-OH is 1. The van der Waals surface area contributed by atoms with Crippen molar-refractivity contribution in [3.8, 4) is 0 Å². The van der Waals surface area contributed by atoms with E-state index >= 15 is 0 Å². The van der Waals surface area contributed by atoms with Crippen molar-refractivity contribution in [2.45, 2.75) is 136 Å². The van der Waals surface area contributed by atoms with Gasteiger partial charge >= 0.3 is 11.9 Å². The number of hydrogen-bond donors (Lipinski definition) is 2. The second kappa shape index (κ2) is 12.8. The molecule has 9 nitrogen and oxygen atoms in total. The van der Waals surface area contributed by atoms with Gasteiger partial charge in [-0.05, 0) is 107 Å². The number of likely N-dealkylation sites (tertiary alicyclic amines) is 2. The summed E-state index contributed by atoms with van der Waals surface area (Å²) in [4.78, 5) is 31.3. The summed E-state index contributed by atoms with van der Waals surface area (Å²) in [5.74, 6) is -2.43. The van der Waals surface area contributed by atoms with Gasteiger partial charge < -0.3 is 24.6 Å². The number of aryl methyl sites for hydroxylation is 1. The predicted molar refractivity (Wildman–Crippen MR) is 165 cm³/mol. The highest BCUT2D eigenvalue weighted by Gasteiger charge is 2.43. The number of nitrogens with zero attached hydrogens (tertiary/aromatic N) is 2. The number of nitrogens with one attached hydrogen (secondary N) is 1. The highest BCUT2D eigenvalue weighted by atomic mass is 16.6. The fraction of sp³-hybridized carbons (Fsp3) is 0.758. The third kappa shape index (κ3) is 9.66. The topological polar surface area (TPSA) is 101 Å². The number of aliphatic hydroxyl groups is 1. The fourth-order valence-electron chi connectivity index (χ4n) is 5.72. The zero-order valence-electron chi connectivity index (χ0n) is 27.8. The van der Waals surface area contributed by atoms with Crippen molar-refractivity contribution in [3.05, 3.63) is 29.3 Å². The Hall–Kier alpha value is -2.20. The number of rotatable bonds is 8. The average molecular weight is 590 g/mol. The maximum absolute atomic E-state index is 13.4. The molecule has 2 aliphatic heterocycles. The molecule has 0 spiro atoms. The normalized spacial score (nSPS) is 22.3. The Morgan fingerprint density at radius 2 is 1.48 bits per heavy atom. The second-order valence-corrected chi connectivity index (χ2v) is 15.3. The number of benzene rings is 1. The van der Waals surface area contributed by atoms with Crippen molar-refractivity contribution in [1.29, 1.82) is 0 Å². The van der Waals surface area contributed by atoms with E-state index in [1.165, 1.54) is 0 Å². The highest BCUT2D eigenvalue weighted by Crippen LogP contribution is 2.35. The summed E-state index contributed by atoms with van der Waals surface area (Å²) in [6.45, 7) is 24.2. The van der Waals surface area contributed by atoms with Crippen LogP contribution in [0.15, 0.2) is 18.2 Å². The Labute approximate surface area is 253 Å². The lowest BCUT2D eigenvalue weighted by Gasteiger charge is -2.43. The lowest BCUT2D eigenvalue weighted by Crippen LogP contribution is -2.54. The molecule has 0 bridgehead atoms. The van der Waals surface area contributed by atoms with E-state index in [0.717, 1.165) is 56.7 Å². The molecule has 0 aromatic heterocycles. The lowest BCUT2D eigenvalue weighted by atomic mass is 9.92. The van der Waals surface area contributed by atoms with Crippen molar-refractivity contribution in [3.63, 3.8) is 0 Å². The zero-order valence-corrected chi connectivity index (χ0v) is 27.8. The number of piperidine rings is 1. The molecule has 9 heteroatoms. The number of anilines is 1. The quantitative estimate of drug-likeness (QED) is 0.241. The Balaban J connectivity index is 1.74. The van der Waals surface area contributed by atoms with Crippen LogP contribution >= 0.6 is 0 Å². The van der Waals surface area contributed by atoms with Crippen molar-refractivity contribution in [1.82, 2.24) is 9.80 Å². The first kappa shape index (κ1) is 34.3. The number of hydrogen-bond acceptors (Lipinski definition) is 9. The zero-order chi connectivity index (χ0) is 31.7. The summed E-state index contributed by atoms with van der Waals surface area (Å²) in [6, 6.07) is 5.92. The third-order valence-electron chi connectivity index (χ3n) is 7.68. The van der Waals surface area contributed by atoms with Crippen LogP contribution in [0, 0.1) is 6.92 Å². The largest absolute Gasteiger partial charge is 0.459 e. The number of esters is 2. The van der Waals surface area contributed by atoms with Crippen LogP contribution in [-0.4, -0.2) is 87.8 Å². The smallest absolute Gasteiger partial charge is 0.325 e. The molecule has 0 saturated carbocycles. The molecular formula is C33H55N3O6. The average Bonchev–Trinajstić information content (AvgIpc) is 3.21. The van der Waals surface area contributed by atoms with E-state index in [9.17, 15) is 14.7 Å². The van der Waals surface area contributed by atoms with Crippen molar-refractivity contribution < 1.29 is 28.9 Å². The van der Waals surface area contributed by atoms with Gasteiger partial charge in [-0.2, -0.15) is 0 Å². The fourth-order valence-corrected chi connectivity index (χ4v) is 5.72. The minimum atomic E-state index is -1.20. The summed E-state index contributed by atoms with van der Waals surface area (Å²) in [5.41, 5.74) is 0.407. The molecule has 2 saturated heterocycles. The predicted octanol–water partition coefficient (Wildman–Crippen LogP) is 5.19. The van der Waals surface area contributed by atoms with Gasteiger partial charge in [0.25, 0.3) is 0 Å². The first-order valence-corrected chi connectivity index (χ1v) is 15.3. The van der Waals surface area contributed by atoms with E-state index in [-0.39, 0.29) is 11.6 Å². The molecule has 2 atom stereocenters. The van der Waals surface area contributed by atoms with Crippen LogP contribution in [0.1, 0.15) is 106 Å². The highest BCUT2D eigenvalue weighted by molar-refractivity contribution is 6.02. The van der Waals surface area contributed by atoms with Crippen LogP contribution in [0.25, 0.3) is 0 Å². The molecule has 238 valence electrons. The SMILES string of the molecule is Cc1ccc(C(C(=O)OC(C)(C)C)C(=O)OC(C)(C)C)c(NC2CCN(C3(C)CCN(C(O)OC(C)(C)C)C3)CC2)c1. The first-order valence-electron chi connectivity index (χ1n) is 15.3. The molecule has 0 aliphatic carbocycles. The number of ether oxygens (including phenoxy) is 3. The molecular weight excluding hydrogens is 534 g/mol. The van der Waals surface area contributed by atoms with Crippen LogP contribution in [0.4, 0.5) is 5.69 Å². The molecule has 2 fully saturated rings. The van der Waals surface area contributed by atoms with Crippen LogP contribution in [-0.2, 0) is 23.8 Å². The van der Waals surface area contributed by atoms with Gasteiger partial charge in [0.05, 0.1) is 5.60 Å².